The maximum absolute atomic E-state index is 11.9. The molecule has 0 aliphatic carbocycles. The number of nitrogen functional groups attached to an aromatic ring is 1. The van der Waals surface area contributed by atoms with Gasteiger partial charge in [-0.25, -0.2) is 4.98 Å². The Morgan fingerprint density at radius 2 is 2.33 bits per heavy atom. The minimum Gasteiger partial charge on any atom is -0.384 e. The third kappa shape index (κ3) is 2.78. The molecule has 0 aliphatic heterocycles. The smallest absolute Gasteiger partial charge is 0.271 e. The van der Waals surface area contributed by atoms with E-state index in [9.17, 15) is 4.79 Å². The average Bonchev–Trinajstić information content (AvgIpc) is 2.75. The van der Waals surface area contributed by atoms with Crippen molar-refractivity contribution in [2.75, 3.05) is 5.73 Å². The molecular formula is C11H12ClN5O. The number of aryl methyl sites for hydroxylation is 1. The van der Waals surface area contributed by atoms with E-state index < -0.39 is 0 Å². The van der Waals surface area contributed by atoms with Crippen LogP contribution in [0.2, 0.25) is 5.02 Å². The Morgan fingerprint density at radius 3 is 3.00 bits per heavy atom. The lowest BCUT2D eigenvalue weighted by atomic mass is 10.3. The highest BCUT2D eigenvalue weighted by Crippen LogP contribution is 2.15. The summed E-state index contributed by atoms with van der Waals surface area (Å²) in [5.74, 6) is -0.109. The molecule has 3 N–H and O–H groups in total. The normalized spacial score (nSPS) is 10.3. The lowest BCUT2D eigenvalue weighted by Crippen LogP contribution is -2.24. The first-order valence-corrected chi connectivity index (χ1v) is 5.62. The lowest BCUT2D eigenvalue weighted by molar-refractivity contribution is 0.0946. The number of nitrogens with zero attached hydrogens (tertiary/aromatic N) is 3. The number of nitrogens with two attached hydrogens (primary N) is 1. The Kier molecular flexibility index (Phi) is 3.47. The third-order valence-electron chi connectivity index (χ3n) is 2.29. The molecule has 2 aromatic heterocycles. The van der Waals surface area contributed by atoms with Crippen LogP contribution < -0.4 is 11.1 Å². The molecule has 2 rings (SSSR count). The number of anilines is 1. The first-order valence-electron chi connectivity index (χ1n) is 5.24. The Labute approximate surface area is 109 Å². The predicted molar refractivity (Wildman–Crippen MR) is 68.0 cm³/mol. The summed E-state index contributed by atoms with van der Waals surface area (Å²) in [5, 5.41) is 6.98. The van der Waals surface area contributed by atoms with Crippen molar-refractivity contribution < 1.29 is 4.79 Å². The minimum atomic E-state index is -0.365. The van der Waals surface area contributed by atoms with Gasteiger partial charge in [0.05, 0.1) is 11.2 Å². The van der Waals surface area contributed by atoms with Gasteiger partial charge in [-0.2, -0.15) is 5.10 Å². The van der Waals surface area contributed by atoms with E-state index in [1.807, 2.05) is 13.2 Å². The maximum atomic E-state index is 11.9. The molecule has 94 valence electrons. The SMILES string of the molecule is Cn1cc(CNC(=O)c2nc(N)ccc2Cl)cn1. The van der Waals surface area contributed by atoms with Crippen molar-refractivity contribution in [3.63, 3.8) is 0 Å². The highest BCUT2D eigenvalue weighted by Gasteiger charge is 2.12. The summed E-state index contributed by atoms with van der Waals surface area (Å²) >= 11 is 5.88. The van der Waals surface area contributed by atoms with Gasteiger partial charge in [0.15, 0.2) is 0 Å². The van der Waals surface area contributed by atoms with Crippen LogP contribution in [0, 0.1) is 0 Å². The molecule has 1 amide bonds. The second-order valence-electron chi connectivity index (χ2n) is 3.77. The Morgan fingerprint density at radius 1 is 1.56 bits per heavy atom. The largest absolute Gasteiger partial charge is 0.384 e. The van der Waals surface area contributed by atoms with Gasteiger partial charge in [0.2, 0.25) is 0 Å². The van der Waals surface area contributed by atoms with E-state index in [2.05, 4.69) is 15.4 Å². The van der Waals surface area contributed by atoms with E-state index in [-0.39, 0.29) is 22.4 Å². The van der Waals surface area contributed by atoms with E-state index in [1.54, 1.807) is 23.0 Å². The maximum Gasteiger partial charge on any atom is 0.271 e. The molecule has 7 heteroatoms. The number of hydrogen-bond donors (Lipinski definition) is 2. The quantitative estimate of drug-likeness (QED) is 0.866. The van der Waals surface area contributed by atoms with Gasteiger partial charge >= 0.3 is 0 Å². The fourth-order valence-electron chi connectivity index (χ4n) is 1.45. The molecule has 2 aromatic rings. The van der Waals surface area contributed by atoms with Crippen molar-refractivity contribution in [2.24, 2.45) is 7.05 Å². The van der Waals surface area contributed by atoms with Gasteiger partial charge in [0.25, 0.3) is 5.91 Å². The summed E-state index contributed by atoms with van der Waals surface area (Å²) < 4.78 is 1.66. The molecule has 0 bridgehead atoms. The van der Waals surface area contributed by atoms with Crippen LogP contribution in [0.1, 0.15) is 16.1 Å². The zero-order valence-electron chi connectivity index (χ0n) is 9.72. The fraction of sp³-hybridized carbons (Fsp3) is 0.182. The second kappa shape index (κ2) is 5.05. The molecule has 18 heavy (non-hydrogen) atoms. The molecule has 0 saturated heterocycles. The molecule has 0 saturated carbocycles. The van der Waals surface area contributed by atoms with Gasteiger partial charge in [-0.1, -0.05) is 11.6 Å². The third-order valence-corrected chi connectivity index (χ3v) is 2.60. The van der Waals surface area contributed by atoms with Gasteiger partial charge in [0, 0.05) is 25.4 Å². The average molecular weight is 266 g/mol. The number of nitrogens with one attached hydrogen (secondary N) is 1. The molecule has 2 heterocycles. The van der Waals surface area contributed by atoms with Crippen LogP contribution in [0.25, 0.3) is 0 Å². The van der Waals surface area contributed by atoms with Crippen LogP contribution in [0.15, 0.2) is 24.5 Å². The first-order chi connectivity index (χ1) is 8.56. The summed E-state index contributed by atoms with van der Waals surface area (Å²) in [6, 6.07) is 3.09. The molecule has 6 nitrogen and oxygen atoms in total. The van der Waals surface area contributed by atoms with Gasteiger partial charge in [-0.15, -0.1) is 0 Å². The predicted octanol–water partition coefficient (Wildman–Crippen LogP) is 0.981. The molecular weight excluding hydrogens is 254 g/mol. The van der Waals surface area contributed by atoms with Crippen LogP contribution in [-0.2, 0) is 13.6 Å². The molecule has 0 aromatic carbocycles. The van der Waals surface area contributed by atoms with Gasteiger partial charge in [-0.05, 0) is 12.1 Å². The summed E-state index contributed by atoms with van der Waals surface area (Å²) in [7, 11) is 1.81. The van der Waals surface area contributed by atoms with E-state index in [1.165, 1.54) is 0 Å². The monoisotopic (exact) mass is 265 g/mol. The van der Waals surface area contributed by atoms with Crippen LogP contribution >= 0.6 is 11.6 Å². The number of amides is 1. The topological polar surface area (TPSA) is 85.8 Å². The van der Waals surface area contributed by atoms with Crippen molar-refractivity contribution in [2.45, 2.75) is 6.54 Å². The number of rotatable bonds is 3. The summed E-state index contributed by atoms with van der Waals surface area (Å²) in [6.45, 7) is 0.361. The van der Waals surface area contributed by atoms with E-state index in [0.29, 0.717) is 6.54 Å². The van der Waals surface area contributed by atoms with Gasteiger partial charge < -0.3 is 11.1 Å². The molecule has 0 aliphatic rings. The van der Waals surface area contributed by atoms with Crippen LogP contribution in [-0.4, -0.2) is 20.7 Å². The van der Waals surface area contributed by atoms with Crippen molar-refractivity contribution in [3.05, 3.63) is 40.8 Å². The Hall–Kier alpha value is -2.08. The minimum absolute atomic E-state index is 0.126. The molecule has 0 radical (unpaired) electrons. The van der Waals surface area contributed by atoms with Crippen molar-refractivity contribution in [1.29, 1.82) is 0 Å². The molecule has 0 spiro atoms. The molecule has 0 unspecified atom stereocenters. The number of carbonyl (C=O) groups is 1. The highest BCUT2D eigenvalue weighted by atomic mass is 35.5. The lowest BCUT2D eigenvalue weighted by Gasteiger charge is -2.05. The van der Waals surface area contributed by atoms with Gasteiger partial charge in [0.1, 0.15) is 11.5 Å². The van der Waals surface area contributed by atoms with Crippen LogP contribution in [0.4, 0.5) is 5.82 Å². The zero-order chi connectivity index (χ0) is 13.1. The number of pyridine rings is 1. The number of carbonyl (C=O) groups excluding carboxylic acids is 1. The summed E-state index contributed by atoms with van der Waals surface area (Å²) in [6.07, 6.45) is 3.49. The Balaban J connectivity index is 2.05. The zero-order valence-corrected chi connectivity index (χ0v) is 10.5. The number of aromatic nitrogens is 3. The van der Waals surface area contributed by atoms with Crippen molar-refractivity contribution in [1.82, 2.24) is 20.1 Å². The van der Waals surface area contributed by atoms with Crippen molar-refractivity contribution >= 4 is 23.3 Å². The first kappa shape index (κ1) is 12.4. The van der Waals surface area contributed by atoms with Crippen LogP contribution in [0.3, 0.4) is 0 Å². The van der Waals surface area contributed by atoms with E-state index in [0.717, 1.165) is 5.56 Å². The second-order valence-corrected chi connectivity index (χ2v) is 4.18. The van der Waals surface area contributed by atoms with E-state index in [4.69, 9.17) is 17.3 Å². The number of hydrogen-bond acceptors (Lipinski definition) is 4. The van der Waals surface area contributed by atoms with Crippen LogP contribution in [0.5, 0.6) is 0 Å². The molecule has 0 atom stereocenters. The highest BCUT2D eigenvalue weighted by molar-refractivity contribution is 6.33. The molecule has 0 fully saturated rings. The fourth-order valence-corrected chi connectivity index (χ4v) is 1.64. The standard InChI is InChI=1S/C11H12ClN5O/c1-17-6-7(5-15-17)4-14-11(18)10-8(12)2-3-9(13)16-10/h2-3,5-6H,4H2,1H3,(H2,13,16)(H,14,18). The van der Waals surface area contributed by atoms with Gasteiger partial charge in [-0.3, -0.25) is 9.48 Å². The Bertz CT molecular complexity index is 581. The summed E-state index contributed by atoms with van der Waals surface area (Å²) in [5.41, 5.74) is 6.53. The van der Waals surface area contributed by atoms with E-state index >= 15 is 0 Å². The number of halogens is 1. The summed E-state index contributed by atoms with van der Waals surface area (Å²) in [4.78, 5) is 15.8. The van der Waals surface area contributed by atoms with Crippen molar-refractivity contribution in [3.8, 4) is 0 Å².